The van der Waals surface area contributed by atoms with Crippen molar-refractivity contribution in [2.45, 2.75) is 0 Å². The number of nitro groups is 1. The van der Waals surface area contributed by atoms with Crippen molar-refractivity contribution in [3.63, 3.8) is 0 Å². The summed E-state index contributed by atoms with van der Waals surface area (Å²) in [7, 11) is 0. The van der Waals surface area contributed by atoms with E-state index in [4.69, 9.17) is 0 Å². The summed E-state index contributed by atoms with van der Waals surface area (Å²) in [6.45, 7) is 0. The number of nitrogens with one attached hydrogen (secondary N) is 1. The zero-order valence-corrected chi connectivity index (χ0v) is 10.3. The molecule has 0 saturated heterocycles. The molecule has 0 radical (unpaired) electrons. The molecule has 2 aromatic rings. The molecule has 19 heavy (non-hydrogen) atoms. The molecule has 2 N–H and O–H groups in total. The number of non-ortho nitro benzene ring substituents is 1. The summed E-state index contributed by atoms with van der Waals surface area (Å²) < 4.78 is 0. The van der Waals surface area contributed by atoms with Gasteiger partial charge >= 0.3 is 4.87 Å². The van der Waals surface area contributed by atoms with Gasteiger partial charge in [-0.15, -0.1) is 5.73 Å². The van der Waals surface area contributed by atoms with Gasteiger partial charge in [0.15, 0.2) is 0 Å². The molecule has 1 aromatic heterocycles. The lowest BCUT2D eigenvalue weighted by molar-refractivity contribution is -0.384. The van der Waals surface area contributed by atoms with Crippen LogP contribution in [0.25, 0.3) is 12.2 Å². The molecule has 0 fully saturated rings. The minimum Gasteiger partial charge on any atom is -0.493 e. The maximum Gasteiger partial charge on any atom is 0.307 e. The standard InChI is InChI=1S/C12H8N2O4S/c15-11-10(19-12(16)13-11)3-1-2-8-4-6-9(7-5-8)14(17)18/h2-7,15H,(H,13,16). The lowest BCUT2D eigenvalue weighted by atomic mass is 10.2. The molecule has 0 aliphatic heterocycles. The van der Waals surface area contributed by atoms with Gasteiger partial charge in [-0.3, -0.25) is 19.9 Å². The van der Waals surface area contributed by atoms with E-state index in [2.05, 4.69) is 10.7 Å². The molecule has 7 heteroatoms. The zero-order chi connectivity index (χ0) is 13.8. The Bertz CT molecular complexity index is 721. The molecule has 0 bridgehead atoms. The smallest absolute Gasteiger partial charge is 0.307 e. The van der Waals surface area contributed by atoms with Crippen LogP contribution in [0.4, 0.5) is 5.69 Å². The molecule has 0 aliphatic rings. The van der Waals surface area contributed by atoms with E-state index in [1.54, 1.807) is 18.2 Å². The molecular formula is C12H8N2O4S. The average molecular weight is 276 g/mol. The second-order valence-corrected chi connectivity index (χ2v) is 4.55. The minimum absolute atomic E-state index is 0.0163. The van der Waals surface area contributed by atoms with Crippen LogP contribution in [0.3, 0.4) is 0 Å². The second-order valence-electron chi connectivity index (χ2n) is 3.53. The molecule has 0 saturated carbocycles. The van der Waals surface area contributed by atoms with Crippen LogP contribution in [0.15, 0.2) is 34.8 Å². The van der Waals surface area contributed by atoms with Crippen molar-refractivity contribution in [2.75, 3.05) is 0 Å². The fourth-order valence-corrected chi connectivity index (χ4v) is 1.96. The number of rotatable bonds is 3. The van der Waals surface area contributed by atoms with Gasteiger partial charge in [0.05, 0.1) is 4.92 Å². The first-order valence-electron chi connectivity index (χ1n) is 5.15. The van der Waals surface area contributed by atoms with Gasteiger partial charge in [0, 0.05) is 18.2 Å². The molecular weight excluding hydrogens is 268 g/mol. The van der Waals surface area contributed by atoms with Crippen LogP contribution in [0.1, 0.15) is 10.4 Å². The maximum absolute atomic E-state index is 10.9. The summed E-state index contributed by atoms with van der Waals surface area (Å²) >= 11 is 0.867. The Balaban J connectivity index is 2.20. The van der Waals surface area contributed by atoms with Gasteiger partial charge < -0.3 is 5.11 Å². The fourth-order valence-electron chi connectivity index (χ4n) is 1.34. The van der Waals surface area contributed by atoms with Gasteiger partial charge in [-0.2, -0.15) is 0 Å². The summed E-state index contributed by atoms with van der Waals surface area (Å²) in [6.07, 6.45) is 3.05. The summed E-state index contributed by atoms with van der Waals surface area (Å²) in [6, 6.07) is 5.94. The van der Waals surface area contributed by atoms with Crippen LogP contribution < -0.4 is 4.87 Å². The highest BCUT2D eigenvalue weighted by Gasteiger charge is 2.02. The maximum atomic E-state index is 10.9. The third-order valence-electron chi connectivity index (χ3n) is 2.22. The predicted octanol–water partition coefficient (Wildman–Crippen LogP) is 2.38. The summed E-state index contributed by atoms with van der Waals surface area (Å²) in [5.74, 6) is -0.195. The van der Waals surface area contributed by atoms with Gasteiger partial charge in [0.2, 0.25) is 5.88 Å². The van der Waals surface area contributed by atoms with Gasteiger partial charge in [0.1, 0.15) is 4.88 Å². The lowest BCUT2D eigenvalue weighted by Crippen LogP contribution is -1.89. The van der Waals surface area contributed by atoms with Crippen molar-refractivity contribution in [3.8, 4) is 5.88 Å². The average Bonchev–Trinajstić information content (AvgIpc) is 2.68. The fraction of sp³-hybridized carbons (Fsp3) is 0. The normalized spacial score (nSPS) is 9.68. The molecule has 1 heterocycles. The van der Waals surface area contributed by atoms with E-state index in [9.17, 15) is 20.0 Å². The van der Waals surface area contributed by atoms with Crippen molar-refractivity contribution in [1.82, 2.24) is 4.98 Å². The van der Waals surface area contributed by atoms with E-state index >= 15 is 0 Å². The summed E-state index contributed by atoms with van der Waals surface area (Å²) in [5, 5.41) is 19.8. The second kappa shape index (κ2) is 5.34. The van der Waals surface area contributed by atoms with Gasteiger partial charge in [-0.05, 0) is 23.8 Å². The van der Waals surface area contributed by atoms with E-state index in [0.717, 1.165) is 16.9 Å². The van der Waals surface area contributed by atoms with Gasteiger partial charge in [-0.25, -0.2) is 0 Å². The monoisotopic (exact) mass is 276 g/mol. The highest BCUT2D eigenvalue weighted by molar-refractivity contribution is 7.10. The SMILES string of the molecule is O=c1[nH]c(O)c(C=C=Cc2ccc([N+](=O)[O-])cc2)s1. The summed E-state index contributed by atoms with van der Waals surface area (Å²) in [5.41, 5.74) is 3.53. The molecule has 0 spiro atoms. The quantitative estimate of drug-likeness (QED) is 0.511. The van der Waals surface area contributed by atoms with Crippen LogP contribution in [-0.2, 0) is 0 Å². The molecule has 0 unspecified atom stereocenters. The minimum atomic E-state index is -0.474. The largest absolute Gasteiger partial charge is 0.493 e. The molecule has 0 aliphatic carbocycles. The number of thiazole rings is 1. The Morgan fingerprint density at radius 2 is 2.00 bits per heavy atom. The highest BCUT2D eigenvalue weighted by Crippen LogP contribution is 2.17. The molecule has 0 atom stereocenters. The van der Waals surface area contributed by atoms with Crippen molar-refractivity contribution in [3.05, 3.63) is 60.2 Å². The Kier molecular flexibility index (Phi) is 3.61. The number of nitro benzene ring substituents is 1. The van der Waals surface area contributed by atoms with E-state index in [0.29, 0.717) is 4.88 Å². The van der Waals surface area contributed by atoms with Gasteiger partial charge in [-0.1, -0.05) is 11.3 Å². The van der Waals surface area contributed by atoms with Crippen molar-refractivity contribution < 1.29 is 10.0 Å². The first kappa shape index (κ1) is 12.8. The van der Waals surface area contributed by atoms with Crippen LogP contribution in [-0.4, -0.2) is 15.0 Å². The van der Waals surface area contributed by atoms with Gasteiger partial charge in [0.25, 0.3) is 5.69 Å². The zero-order valence-electron chi connectivity index (χ0n) is 9.49. The lowest BCUT2D eigenvalue weighted by Gasteiger charge is -1.91. The number of hydrogen-bond donors (Lipinski definition) is 2. The van der Waals surface area contributed by atoms with E-state index in [1.165, 1.54) is 18.2 Å². The van der Waals surface area contributed by atoms with Crippen molar-refractivity contribution >= 4 is 29.2 Å². The molecule has 6 nitrogen and oxygen atoms in total. The van der Waals surface area contributed by atoms with E-state index < -0.39 is 4.92 Å². The van der Waals surface area contributed by atoms with Crippen molar-refractivity contribution in [1.29, 1.82) is 0 Å². The number of H-pyrrole nitrogens is 1. The van der Waals surface area contributed by atoms with E-state index in [-0.39, 0.29) is 16.4 Å². The van der Waals surface area contributed by atoms with Crippen LogP contribution in [0.5, 0.6) is 5.88 Å². The molecule has 0 amide bonds. The number of benzene rings is 1. The first-order valence-corrected chi connectivity index (χ1v) is 5.97. The van der Waals surface area contributed by atoms with Crippen molar-refractivity contribution in [2.24, 2.45) is 0 Å². The molecule has 1 aromatic carbocycles. The van der Waals surface area contributed by atoms with Crippen LogP contribution in [0, 0.1) is 10.1 Å². The first-order chi connectivity index (χ1) is 9.06. The number of nitrogens with zero attached hydrogens (tertiary/aromatic N) is 1. The number of aromatic hydroxyl groups is 1. The topological polar surface area (TPSA) is 96.2 Å². The summed E-state index contributed by atoms with van der Waals surface area (Å²) in [4.78, 5) is 23.2. The Labute approximate surface area is 111 Å². The Morgan fingerprint density at radius 1 is 1.32 bits per heavy atom. The number of hydrogen-bond acceptors (Lipinski definition) is 5. The number of aromatic amines is 1. The highest BCUT2D eigenvalue weighted by atomic mass is 32.1. The van der Waals surface area contributed by atoms with Crippen LogP contribution in [0.2, 0.25) is 0 Å². The third-order valence-corrected chi connectivity index (χ3v) is 3.04. The van der Waals surface area contributed by atoms with Crippen LogP contribution >= 0.6 is 11.3 Å². The number of aromatic nitrogens is 1. The third kappa shape index (κ3) is 3.19. The molecule has 2 rings (SSSR count). The Hall–Kier alpha value is -2.63. The van der Waals surface area contributed by atoms with E-state index in [1.807, 2.05) is 0 Å². The Morgan fingerprint density at radius 3 is 2.53 bits per heavy atom. The predicted molar refractivity (Wildman–Crippen MR) is 72.1 cm³/mol. The molecule has 96 valence electrons.